The minimum absolute atomic E-state index is 0.00432. The molecule has 0 spiro atoms. The van der Waals surface area contributed by atoms with E-state index in [-0.39, 0.29) is 11.6 Å². The molecular formula is C22H20N2O4. The van der Waals surface area contributed by atoms with Crippen molar-refractivity contribution in [2.24, 2.45) is 0 Å². The molecule has 3 aromatic rings. The number of rotatable bonds is 6. The first kappa shape index (κ1) is 19.1. The van der Waals surface area contributed by atoms with Crippen LogP contribution >= 0.6 is 0 Å². The zero-order valence-electron chi connectivity index (χ0n) is 15.6. The number of anilines is 1. The largest absolute Gasteiger partial charge is 0.457 e. The standard InChI is InChI=1S/C22H20N2O4/c1-3-16-7-4-6-15(2)22(16)23-21(25)13-11-19-10-12-20(28-19)17-8-5-9-18(14-17)24(26)27/h4-14H,3H2,1-2H3,(H,23,25)/b13-11+. The number of nitrogens with one attached hydrogen (secondary N) is 1. The monoisotopic (exact) mass is 376 g/mol. The minimum Gasteiger partial charge on any atom is -0.457 e. The number of nitro benzene ring substituents is 1. The number of furan rings is 1. The Morgan fingerprint density at radius 3 is 2.71 bits per heavy atom. The number of para-hydroxylation sites is 1. The van der Waals surface area contributed by atoms with Crippen molar-refractivity contribution in [2.45, 2.75) is 20.3 Å². The molecule has 6 heteroatoms. The number of hydrogen-bond acceptors (Lipinski definition) is 4. The van der Waals surface area contributed by atoms with Crippen LogP contribution in [0.3, 0.4) is 0 Å². The van der Waals surface area contributed by atoms with E-state index in [0.717, 1.165) is 23.2 Å². The van der Waals surface area contributed by atoms with Crippen molar-refractivity contribution < 1.29 is 14.1 Å². The molecule has 3 rings (SSSR count). The van der Waals surface area contributed by atoms with Gasteiger partial charge < -0.3 is 9.73 Å². The summed E-state index contributed by atoms with van der Waals surface area (Å²) in [5.74, 6) is 0.727. The van der Waals surface area contributed by atoms with Crippen LogP contribution in [0.5, 0.6) is 0 Å². The Morgan fingerprint density at radius 2 is 1.96 bits per heavy atom. The summed E-state index contributed by atoms with van der Waals surface area (Å²) < 4.78 is 5.68. The number of nitro groups is 1. The summed E-state index contributed by atoms with van der Waals surface area (Å²) in [5, 5.41) is 13.8. The van der Waals surface area contributed by atoms with Crippen molar-refractivity contribution in [3.8, 4) is 11.3 Å². The fraction of sp³-hybridized carbons (Fsp3) is 0.136. The van der Waals surface area contributed by atoms with Gasteiger partial charge in [-0.05, 0) is 42.7 Å². The molecule has 6 nitrogen and oxygen atoms in total. The minimum atomic E-state index is -0.451. The van der Waals surface area contributed by atoms with Gasteiger partial charge in [0.2, 0.25) is 5.91 Å². The maximum atomic E-state index is 12.3. The summed E-state index contributed by atoms with van der Waals surface area (Å²) in [6, 6.07) is 15.6. The third kappa shape index (κ3) is 4.35. The summed E-state index contributed by atoms with van der Waals surface area (Å²) in [7, 11) is 0. The normalized spacial score (nSPS) is 10.9. The van der Waals surface area contributed by atoms with Gasteiger partial charge in [0.1, 0.15) is 11.5 Å². The number of aryl methyl sites for hydroxylation is 2. The predicted molar refractivity (Wildman–Crippen MR) is 109 cm³/mol. The van der Waals surface area contributed by atoms with Crippen LogP contribution in [0.2, 0.25) is 0 Å². The Hall–Kier alpha value is -3.67. The topological polar surface area (TPSA) is 85.4 Å². The van der Waals surface area contributed by atoms with Gasteiger partial charge in [-0.15, -0.1) is 0 Å². The highest BCUT2D eigenvalue weighted by Crippen LogP contribution is 2.26. The van der Waals surface area contributed by atoms with Crippen LogP contribution < -0.4 is 5.32 Å². The molecule has 0 fully saturated rings. The molecule has 2 aromatic carbocycles. The lowest BCUT2D eigenvalue weighted by atomic mass is 10.1. The van der Waals surface area contributed by atoms with E-state index in [4.69, 9.17) is 4.42 Å². The second-order valence-corrected chi connectivity index (χ2v) is 6.29. The molecule has 0 saturated heterocycles. The predicted octanol–water partition coefficient (Wildman–Crippen LogP) is 5.38. The van der Waals surface area contributed by atoms with Crippen LogP contribution in [-0.4, -0.2) is 10.8 Å². The third-order valence-electron chi connectivity index (χ3n) is 4.36. The van der Waals surface area contributed by atoms with Crippen molar-refractivity contribution in [1.29, 1.82) is 0 Å². The Morgan fingerprint density at radius 1 is 1.18 bits per heavy atom. The fourth-order valence-corrected chi connectivity index (χ4v) is 2.90. The summed E-state index contributed by atoms with van der Waals surface area (Å²) >= 11 is 0. The number of amides is 1. The summed E-state index contributed by atoms with van der Waals surface area (Å²) in [6.07, 6.45) is 3.80. The number of hydrogen-bond donors (Lipinski definition) is 1. The van der Waals surface area contributed by atoms with E-state index in [2.05, 4.69) is 5.32 Å². The van der Waals surface area contributed by atoms with Gasteiger partial charge in [-0.1, -0.05) is 37.3 Å². The Labute approximate surface area is 162 Å². The number of non-ortho nitro benzene ring substituents is 1. The molecule has 28 heavy (non-hydrogen) atoms. The fourth-order valence-electron chi connectivity index (χ4n) is 2.90. The number of nitrogens with zero attached hydrogens (tertiary/aromatic N) is 1. The highest BCUT2D eigenvalue weighted by molar-refractivity contribution is 6.02. The SMILES string of the molecule is CCc1cccc(C)c1NC(=O)/C=C/c1ccc(-c2cccc([N+](=O)[O-])c2)o1. The molecule has 0 atom stereocenters. The van der Waals surface area contributed by atoms with Crippen molar-refractivity contribution in [3.05, 3.63) is 87.7 Å². The van der Waals surface area contributed by atoms with Crippen LogP contribution in [0.1, 0.15) is 23.8 Å². The van der Waals surface area contributed by atoms with Gasteiger partial charge in [0.25, 0.3) is 5.69 Å². The van der Waals surface area contributed by atoms with Crippen molar-refractivity contribution in [2.75, 3.05) is 5.32 Å². The van der Waals surface area contributed by atoms with Crippen LogP contribution in [0.4, 0.5) is 11.4 Å². The molecule has 142 valence electrons. The molecular weight excluding hydrogens is 356 g/mol. The molecule has 1 N–H and O–H groups in total. The van der Waals surface area contributed by atoms with Crippen molar-refractivity contribution >= 4 is 23.4 Å². The molecule has 1 amide bonds. The number of benzene rings is 2. The van der Waals surface area contributed by atoms with E-state index in [0.29, 0.717) is 17.1 Å². The summed E-state index contributed by atoms with van der Waals surface area (Å²) in [4.78, 5) is 22.7. The molecule has 1 aromatic heterocycles. The second-order valence-electron chi connectivity index (χ2n) is 6.29. The Balaban J connectivity index is 1.73. The molecule has 0 aliphatic heterocycles. The van der Waals surface area contributed by atoms with Crippen LogP contribution in [0, 0.1) is 17.0 Å². The van der Waals surface area contributed by atoms with Gasteiger partial charge in [0.05, 0.1) is 4.92 Å². The van der Waals surface area contributed by atoms with E-state index < -0.39 is 4.92 Å². The molecule has 0 aliphatic rings. The average molecular weight is 376 g/mol. The molecule has 1 heterocycles. The van der Waals surface area contributed by atoms with E-state index >= 15 is 0 Å². The van der Waals surface area contributed by atoms with Gasteiger partial charge in [-0.2, -0.15) is 0 Å². The van der Waals surface area contributed by atoms with Crippen LogP contribution in [-0.2, 0) is 11.2 Å². The van der Waals surface area contributed by atoms with E-state index in [9.17, 15) is 14.9 Å². The van der Waals surface area contributed by atoms with Gasteiger partial charge in [-0.3, -0.25) is 14.9 Å². The summed E-state index contributed by atoms with van der Waals surface area (Å²) in [6.45, 7) is 3.99. The second kappa shape index (κ2) is 8.35. The highest BCUT2D eigenvalue weighted by Gasteiger charge is 2.10. The first-order valence-electron chi connectivity index (χ1n) is 8.90. The molecule has 0 bridgehead atoms. The third-order valence-corrected chi connectivity index (χ3v) is 4.36. The number of carbonyl (C=O) groups excluding carboxylic acids is 1. The quantitative estimate of drug-likeness (QED) is 0.356. The first-order valence-corrected chi connectivity index (χ1v) is 8.90. The van der Waals surface area contributed by atoms with Gasteiger partial charge in [0, 0.05) is 29.5 Å². The van der Waals surface area contributed by atoms with Gasteiger partial charge in [0.15, 0.2) is 0 Å². The number of carbonyl (C=O) groups is 1. The summed E-state index contributed by atoms with van der Waals surface area (Å²) in [5.41, 5.74) is 3.51. The van der Waals surface area contributed by atoms with Crippen molar-refractivity contribution in [3.63, 3.8) is 0 Å². The average Bonchev–Trinajstić information content (AvgIpc) is 3.17. The van der Waals surface area contributed by atoms with Crippen LogP contribution in [0.15, 0.2) is 65.1 Å². The lowest BCUT2D eigenvalue weighted by Crippen LogP contribution is -2.10. The van der Waals surface area contributed by atoms with E-state index in [1.807, 2.05) is 32.0 Å². The zero-order chi connectivity index (χ0) is 20.1. The van der Waals surface area contributed by atoms with Gasteiger partial charge >= 0.3 is 0 Å². The highest BCUT2D eigenvalue weighted by atomic mass is 16.6. The van der Waals surface area contributed by atoms with Crippen molar-refractivity contribution in [1.82, 2.24) is 0 Å². The molecule has 0 aliphatic carbocycles. The van der Waals surface area contributed by atoms with E-state index in [1.165, 1.54) is 18.2 Å². The smallest absolute Gasteiger partial charge is 0.270 e. The Bertz CT molecular complexity index is 1050. The lowest BCUT2D eigenvalue weighted by molar-refractivity contribution is -0.384. The maximum Gasteiger partial charge on any atom is 0.270 e. The van der Waals surface area contributed by atoms with Gasteiger partial charge in [-0.25, -0.2) is 0 Å². The molecule has 0 unspecified atom stereocenters. The van der Waals surface area contributed by atoms with E-state index in [1.54, 1.807) is 30.3 Å². The molecule has 0 saturated carbocycles. The lowest BCUT2D eigenvalue weighted by Gasteiger charge is -2.11. The van der Waals surface area contributed by atoms with Crippen LogP contribution in [0.25, 0.3) is 17.4 Å². The molecule has 0 radical (unpaired) electrons. The first-order chi connectivity index (χ1) is 13.5. The zero-order valence-corrected chi connectivity index (χ0v) is 15.6. The maximum absolute atomic E-state index is 12.3. The Kier molecular flexibility index (Phi) is 5.69.